The Balaban J connectivity index is 0.997. The predicted octanol–water partition coefficient (Wildman–Crippen LogP) is 14.6. The lowest BCUT2D eigenvalue weighted by molar-refractivity contribution is 0.670. The van der Waals surface area contributed by atoms with E-state index in [0.29, 0.717) is 17.5 Å². The summed E-state index contributed by atoms with van der Waals surface area (Å²) < 4.78 is 11.5. The van der Waals surface area contributed by atoms with Crippen LogP contribution in [-0.2, 0) is 0 Å². The molecular formula is C57H35N5O. The molecule has 0 spiro atoms. The smallest absolute Gasteiger partial charge is 0.164 e. The molecule has 0 aliphatic carbocycles. The number of para-hydroxylation sites is 4. The van der Waals surface area contributed by atoms with Gasteiger partial charge in [0.15, 0.2) is 17.5 Å². The standard InChI is InChI=1S/C57H35N5O/c1-4-16-36(17-5-1)42-26-15-27-46-44-31-30-39(35-51(44)63-54(42)46)57-59-55(37-18-6-2-7-19-37)58-56(60-57)38-20-14-23-41(34-38)61-49-29-13-11-25-47(49)52-50(61)33-32-45-43-24-10-12-28-48(43)62(53(45)52)40-21-8-3-9-22-40/h1-35H. The van der Waals surface area contributed by atoms with Gasteiger partial charge in [0.2, 0.25) is 0 Å². The van der Waals surface area contributed by atoms with Gasteiger partial charge in [-0.2, -0.15) is 0 Å². The van der Waals surface area contributed by atoms with Crippen molar-refractivity contribution in [3.8, 4) is 56.7 Å². The van der Waals surface area contributed by atoms with Gasteiger partial charge in [0.05, 0.1) is 22.1 Å². The van der Waals surface area contributed by atoms with Crippen LogP contribution in [0.2, 0.25) is 0 Å². The molecule has 0 amide bonds. The van der Waals surface area contributed by atoms with Crippen LogP contribution in [-0.4, -0.2) is 24.1 Å². The Labute approximate surface area is 361 Å². The van der Waals surface area contributed by atoms with E-state index < -0.39 is 0 Å². The summed E-state index contributed by atoms with van der Waals surface area (Å²) in [4.78, 5) is 15.4. The van der Waals surface area contributed by atoms with Crippen molar-refractivity contribution in [1.29, 1.82) is 0 Å². The number of furan rings is 1. The summed E-state index contributed by atoms with van der Waals surface area (Å²) in [5, 5.41) is 6.97. The van der Waals surface area contributed by atoms with E-state index in [1.165, 1.54) is 32.6 Å². The van der Waals surface area contributed by atoms with Crippen LogP contribution in [0.15, 0.2) is 217 Å². The van der Waals surface area contributed by atoms with E-state index >= 15 is 0 Å². The fourth-order valence-electron chi connectivity index (χ4n) is 9.55. The summed E-state index contributed by atoms with van der Waals surface area (Å²) in [6.07, 6.45) is 0. The summed E-state index contributed by atoms with van der Waals surface area (Å²) in [5.41, 5.74) is 13.2. The van der Waals surface area contributed by atoms with Crippen LogP contribution < -0.4 is 0 Å². The Morgan fingerprint density at radius 2 is 0.889 bits per heavy atom. The minimum atomic E-state index is 0.572. The van der Waals surface area contributed by atoms with Crippen LogP contribution in [0.3, 0.4) is 0 Å². The predicted molar refractivity (Wildman–Crippen MR) is 258 cm³/mol. The second-order valence-electron chi connectivity index (χ2n) is 16.0. The van der Waals surface area contributed by atoms with Gasteiger partial charge in [-0.25, -0.2) is 15.0 Å². The van der Waals surface area contributed by atoms with Crippen molar-refractivity contribution in [3.63, 3.8) is 0 Å². The molecule has 0 saturated heterocycles. The fourth-order valence-corrected chi connectivity index (χ4v) is 9.55. The first-order valence-corrected chi connectivity index (χ1v) is 21.2. The maximum Gasteiger partial charge on any atom is 0.164 e. The van der Waals surface area contributed by atoms with Crippen molar-refractivity contribution in [2.75, 3.05) is 0 Å². The zero-order chi connectivity index (χ0) is 41.4. The molecule has 0 fully saturated rings. The zero-order valence-corrected chi connectivity index (χ0v) is 33.9. The maximum atomic E-state index is 6.66. The summed E-state index contributed by atoms with van der Waals surface area (Å²) in [6.45, 7) is 0. The van der Waals surface area contributed by atoms with E-state index in [1.54, 1.807) is 0 Å². The molecule has 0 aliphatic heterocycles. The minimum Gasteiger partial charge on any atom is -0.455 e. The molecule has 0 aliphatic rings. The number of benzene rings is 9. The second kappa shape index (κ2) is 14.0. The average molecular weight is 806 g/mol. The van der Waals surface area contributed by atoms with Crippen LogP contribution in [0, 0.1) is 0 Å². The van der Waals surface area contributed by atoms with Gasteiger partial charge in [0.25, 0.3) is 0 Å². The zero-order valence-electron chi connectivity index (χ0n) is 33.9. The highest BCUT2D eigenvalue weighted by Gasteiger charge is 2.22. The highest BCUT2D eigenvalue weighted by molar-refractivity contribution is 6.26. The Bertz CT molecular complexity index is 3900. The van der Waals surface area contributed by atoms with Crippen molar-refractivity contribution in [3.05, 3.63) is 212 Å². The maximum absolute atomic E-state index is 6.66. The van der Waals surface area contributed by atoms with E-state index in [4.69, 9.17) is 19.4 Å². The first kappa shape index (κ1) is 35.2. The van der Waals surface area contributed by atoms with Crippen LogP contribution >= 0.6 is 0 Å². The molecule has 4 aromatic heterocycles. The third kappa shape index (κ3) is 5.55. The van der Waals surface area contributed by atoms with E-state index in [0.717, 1.165) is 72.2 Å². The second-order valence-corrected chi connectivity index (χ2v) is 16.0. The number of hydrogen-bond acceptors (Lipinski definition) is 4. The Morgan fingerprint density at radius 1 is 0.333 bits per heavy atom. The van der Waals surface area contributed by atoms with Crippen LogP contribution in [0.5, 0.6) is 0 Å². The number of rotatable bonds is 6. The number of nitrogens with zero attached hydrogens (tertiary/aromatic N) is 5. The molecule has 0 bridgehead atoms. The summed E-state index contributed by atoms with van der Waals surface area (Å²) in [5.74, 6) is 1.76. The van der Waals surface area contributed by atoms with E-state index in [1.807, 2.05) is 36.4 Å². The summed E-state index contributed by atoms with van der Waals surface area (Å²) >= 11 is 0. The summed E-state index contributed by atoms with van der Waals surface area (Å²) in [6, 6.07) is 74.3. The molecule has 4 heterocycles. The van der Waals surface area contributed by atoms with Crippen molar-refractivity contribution >= 4 is 65.6 Å². The number of hydrogen-bond donors (Lipinski definition) is 0. The molecule has 13 aromatic rings. The topological polar surface area (TPSA) is 61.7 Å². The van der Waals surface area contributed by atoms with Gasteiger partial charge in [0, 0.05) is 65.9 Å². The van der Waals surface area contributed by atoms with E-state index in [9.17, 15) is 0 Å². The SMILES string of the molecule is c1ccc(-c2nc(-c3cccc(-n4c5ccccc5c5c4ccc4c6ccccc6n(-c6ccccc6)c45)c3)nc(-c3ccc4c(c3)oc3c(-c5ccccc5)cccc34)n2)cc1. The van der Waals surface area contributed by atoms with Crippen molar-refractivity contribution in [2.45, 2.75) is 0 Å². The van der Waals surface area contributed by atoms with E-state index in [-0.39, 0.29) is 0 Å². The molecule has 63 heavy (non-hydrogen) atoms. The van der Waals surface area contributed by atoms with Crippen LogP contribution in [0.25, 0.3) is 122 Å². The molecule has 0 atom stereocenters. The first-order valence-electron chi connectivity index (χ1n) is 21.2. The molecule has 0 unspecified atom stereocenters. The molecule has 0 N–H and O–H groups in total. The average Bonchev–Trinajstić information content (AvgIpc) is 4.02. The molecule has 6 heteroatoms. The first-order chi connectivity index (χ1) is 31.2. The van der Waals surface area contributed by atoms with Gasteiger partial charge >= 0.3 is 0 Å². The molecule has 294 valence electrons. The third-order valence-electron chi connectivity index (χ3n) is 12.4. The largest absolute Gasteiger partial charge is 0.455 e. The lowest BCUT2D eigenvalue weighted by Crippen LogP contribution is -2.01. The van der Waals surface area contributed by atoms with Crippen LogP contribution in [0.1, 0.15) is 0 Å². The minimum absolute atomic E-state index is 0.572. The lowest BCUT2D eigenvalue weighted by Gasteiger charge is -2.12. The van der Waals surface area contributed by atoms with Crippen molar-refractivity contribution in [1.82, 2.24) is 24.1 Å². The highest BCUT2D eigenvalue weighted by Crippen LogP contribution is 2.43. The quantitative estimate of drug-likeness (QED) is 0.168. The van der Waals surface area contributed by atoms with Gasteiger partial charge < -0.3 is 13.6 Å². The molecular weight excluding hydrogens is 771 g/mol. The van der Waals surface area contributed by atoms with Crippen molar-refractivity contribution < 1.29 is 4.42 Å². The van der Waals surface area contributed by atoms with Gasteiger partial charge in [-0.3, -0.25) is 0 Å². The third-order valence-corrected chi connectivity index (χ3v) is 12.4. The van der Waals surface area contributed by atoms with Crippen LogP contribution in [0.4, 0.5) is 0 Å². The van der Waals surface area contributed by atoms with E-state index in [2.05, 4.69) is 185 Å². The van der Waals surface area contributed by atoms with Gasteiger partial charge in [0.1, 0.15) is 11.2 Å². The lowest BCUT2D eigenvalue weighted by atomic mass is 10.0. The van der Waals surface area contributed by atoms with Gasteiger partial charge in [-0.1, -0.05) is 158 Å². The molecule has 0 saturated carbocycles. The molecule has 0 radical (unpaired) electrons. The summed E-state index contributed by atoms with van der Waals surface area (Å²) in [7, 11) is 0. The fraction of sp³-hybridized carbons (Fsp3) is 0. The number of aromatic nitrogens is 5. The Kier molecular flexibility index (Phi) is 7.80. The Hall–Kier alpha value is -8.61. The molecule has 6 nitrogen and oxygen atoms in total. The van der Waals surface area contributed by atoms with Gasteiger partial charge in [-0.05, 0) is 60.2 Å². The normalized spacial score (nSPS) is 11.8. The highest BCUT2D eigenvalue weighted by atomic mass is 16.3. The molecule has 13 rings (SSSR count). The number of fused-ring (bicyclic) bond motifs is 10. The molecule has 9 aromatic carbocycles. The van der Waals surface area contributed by atoms with Gasteiger partial charge in [-0.15, -0.1) is 0 Å². The van der Waals surface area contributed by atoms with Crippen molar-refractivity contribution in [2.24, 2.45) is 0 Å². The monoisotopic (exact) mass is 805 g/mol. The Morgan fingerprint density at radius 3 is 1.65 bits per heavy atom.